The van der Waals surface area contributed by atoms with Crippen LogP contribution in [-0.2, 0) is 16.7 Å². The third-order valence-electron chi connectivity index (χ3n) is 6.14. The monoisotopic (exact) mass is 413 g/mol. The average Bonchev–Trinajstić information content (AvgIpc) is 3.00. The number of carbonyl (C=O) groups excluding carboxylic acids is 1. The van der Waals surface area contributed by atoms with Crippen molar-refractivity contribution in [1.29, 1.82) is 0 Å². The van der Waals surface area contributed by atoms with E-state index in [-0.39, 0.29) is 26.3 Å². The summed E-state index contributed by atoms with van der Waals surface area (Å²) in [6.45, 7) is 1.27. The largest absolute Gasteiger partial charge is 0.465 e. The van der Waals surface area contributed by atoms with E-state index in [2.05, 4.69) is 0 Å². The molecule has 0 radical (unpaired) electrons. The molecule has 0 unspecified atom stereocenters. The first kappa shape index (κ1) is 20.2. The van der Waals surface area contributed by atoms with Crippen molar-refractivity contribution in [3.05, 3.63) is 71.0 Å². The second-order valence-electron chi connectivity index (χ2n) is 7.67. The Morgan fingerprint density at radius 1 is 1.13 bits per heavy atom. The second-order valence-corrected chi connectivity index (χ2v) is 7.67. The van der Waals surface area contributed by atoms with E-state index in [1.165, 1.54) is 17.0 Å². The van der Waals surface area contributed by atoms with E-state index >= 15 is 0 Å². The lowest BCUT2D eigenvalue weighted by Crippen LogP contribution is -2.62. The predicted molar refractivity (Wildman–Crippen MR) is 108 cm³/mol. The minimum Gasteiger partial charge on any atom is -0.465 e. The van der Waals surface area contributed by atoms with E-state index in [4.69, 9.17) is 10.5 Å². The molecule has 3 N–H and O–H groups in total. The number of benzene rings is 2. The molecule has 2 aliphatic rings. The molecule has 30 heavy (non-hydrogen) atoms. The molecule has 0 saturated carbocycles. The summed E-state index contributed by atoms with van der Waals surface area (Å²) in [5.74, 6) is -0.830. The van der Waals surface area contributed by atoms with Crippen molar-refractivity contribution >= 4 is 12.1 Å². The van der Waals surface area contributed by atoms with Gasteiger partial charge in [0.1, 0.15) is 11.4 Å². The molecule has 2 heterocycles. The minimum atomic E-state index is -1.08. The van der Waals surface area contributed by atoms with Crippen molar-refractivity contribution in [1.82, 2.24) is 9.80 Å². The van der Waals surface area contributed by atoms with Crippen LogP contribution in [0.15, 0.2) is 48.5 Å². The van der Waals surface area contributed by atoms with Crippen molar-refractivity contribution in [2.75, 3.05) is 32.8 Å². The van der Waals surface area contributed by atoms with Crippen LogP contribution < -0.4 is 5.73 Å². The smallest absolute Gasteiger partial charge is 0.407 e. The Kier molecular flexibility index (Phi) is 5.34. The number of halogens is 1. The number of carboxylic acid groups (broad SMARTS) is 1. The number of ether oxygens (including phenoxy) is 1. The van der Waals surface area contributed by atoms with Gasteiger partial charge in [-0.25, -0.2) is 14.0 Å². The molecule has 1 saturated heterocycles. The molecule has 2 aromatic rings. The van der Waals surface area contributed by atoms with E-state index in [9.17, 15) is 19.1 Å². The van der Waals surface area contributed by atoms with E-state index in [0.29, 0.717) is 18.5 Å². The number of nitrogens with zero attached hydrogens (tertiary/aromatic N) is 2. The third-order valence-corrected chi connectivity index (χ3v) is 6.14. The van der Waals surface area contributed by atoms with Crippen LogP contribution in [0.4, 0.5) is 14.0 Å². The molecule has 8 heteroatoms. The summed E-state index contributed by atoms with van der Waals surface area (Å²) in [5.41, 5.74) is 7.36. The SMILES string of the molecule is NC(=O)N1CCc2ccccc2[C@@]1(c1ccc(F)cc1)[C@@H]1COCCN(C(=O)O)C1. The Labute approximate surface area is 173 Å². The molecule has 158 valence electrons. The molecule has 3 amide bonds. The highest BCUT2D eigenvalue weighted by molar-refractivity contribution is 5.75. The van der Waals surface area contributed by atoms with Gasteiger partial charge < -0.3 is 25.4 Å². The van der Waals surface area contributed by atoms with Crippen molar-refractivity contribution < 1.29 is 23.8 Å². The Morgan fingerprint density at radius 2 is 1.87 bits per heavy atom. The van der Waals surface area contributed by atoms with Gasteiger partial charge in [-0.15, -0.1) is 0 Å². The van der Waals surface area contributed by atoms with Gasteiger partial charge in [0.2, 0.25) is 0 Å². The number of amides is 3. The fourth-order valence-corrected chi connectivity index (χ4v) is 4.88. The van der Waals surface area contributed by atoms with Crippen molar-refractivity contribution in [2.45, 2.75) is 12.0 Å². The molecule has 2 aliphatic heterocycles. The summed E-state index contributed by atoms with van der Waals surface area (Å²) in [5, 5.41) is 9.66. The average molecular weight is 413 g/mol. The van der Waals surface area contributed by atoms with Gasteiger partial charge in [0.15, 0.2) is 0 Å². The normalized spacial score (nSPS) is 24.1. The highest BCUT2D eigenvalue weighted by Crippen LogP contribution is 2.47. The van der Waals surface area contributed by atoms with Crippen LogP contribution in [0.3, 0.4) is 0 Å². The Balaban J connectivity index is 1.98. The van der Waals surface area contributed by atoms with Crippen LogP contribution in [-0.4, -0.2) is 59.9 Å². The lowest BCUT2D eigenvalue weighted by Gasteiger charge is -2.52. The highest BCUT2D eigenvalue weighted by Gasteiger charge is 2.52. The van der Waals surface area contributed by atoms with Crippen molar-refractivity contribution in [3.8, 4) is 0 Å². The van der Waals surface area contributed by atoms with Crippen LogP contribution >= 0.6 is 0 Å². The molecular formula is C22H24FN3O4. The van der Waals surface area contributed by atoms with Gasteiger partial charge in [-0.05, 0) is 35.2 Å². The van der Waals surface area contributed by atoms with Crippen LogP contribution in [0.25, 0.3) is 0 Å². The standard InChI is InChI=1S/C22H24FN3O4/c23-18-7-5-16(6-8-18)22(17-13-25(21(28)29)11-12-30-14-17)19-4-2-1-3-15(19)9-10-26(22)20(24)27/h1-8,17H,9-14H2,(H2,24,27)(H,28,29)/t17-,22+/m0/s1. The van der Waals surface area contributed by atoms with Gasteiger partial charge in [0.05, 0.1) is 13.2 Å². The zero-order chi connectivity index (χ0) is 21.3. The quantitative estimate of drug-likeness (QED) is 0.791. The van der Waals surface area contributed by atoms with Crippen LogP contribution in [0.2, 0.25) is 0 Å². The molecule has 4 rings (SSSR count). The number of nitrogens with two attached hydrogens (primary N) is 1. The predicted octanol–water partition coefficient (Wildman–Crippen LogP) is 2.63. The lowest BCUT2D eigenvalue weighted by atomic mass is 9.68. The van der Waals surface area contributed by atoms with Gasteiger partial charge in [-0.3, -0.25) is 0 Å². The number of fused-ring (bicyclic) bond motifs is 1. The maximum absolute atomic E-state index is 13.8. The Bertz CT molecular complexity index is 952. The highest BCUT2D eigenvalue weighted by atomic mass is 19.1. The molecule has 0 spiro atoms. The zero-order valence-corrected chi connectivity index (χ0v) is 16.5. The molecule has 7 nitrogen and oxygen atoms in total. The van der Waals surface area contributed by atoms with E-state index in [1.54, 1.807) is 17.0 Å². The number of rotatable bonds is 2. The molecular weight excluding hydrogens is 389 g/mol. The van der Waals surface area contributed by atoms with Gasteiger partial charge in [0.25, 0.3) is 0 Å². The van der Waals surface area contributed by atoms with Crippen molar-refractivity contribution in [3.63, 3.8) is 0 Å². The van der Waals surface area contributed by atoms with E-state index in [0.717, 1.165) is 11.1 Å². The molecule has 0 aromatic heterocycles. The van der Waals surface area contributed by atoms with E-state index < -0.39 is 29.4 Å². The van der Waals surface area contributed by atoms with Gasteiger partial charge in [-0.1, -0.05) is 36.4 Å². The van der Waals surface area contributed by atoms with E-state index in [1.807, 2.05) is 24.3 Å². The maximum atomic E-state index is 13.8. The first-order chi connectivity index (χ1) is 14.4. The molecule has 2 aromatic carbocycles. The van der Waals surface area contributed by atoms with Crippen LogP contribution in [0.1, 0.15) is 16.7 Å². The van der Waals surface area contributed by atoms with Crippen LogP contribution in [0, 0.1) is 11.7 Å². The zero-order valence-electron chi connectivity index (χ0n) is 16.5. The fraction of sp³-hybridized carbons (Fsp3) is 0.364. The summed E-state index contributed by atoms with van der Waals surface area (Å²) >= 11 is 0. The van der Waals surface area contributed by atoms with Crippen LogP contribution in [0.5, 0.6) is 0 Å². The number of carbonyl (C=O) groups is 2. The second kappa shape index (κ2) is 7.95. The summed E-state index contributed by atoms with van der Waals surface area (Å²) in [7, 11) is 0. The first-order valence-corrected chi connectivity index (χ1v) is 9.91. The third kappa shape index (κ3) is 3.27. The summed E-state index contributed by atoms with van der Waals surface area (Å²) in [6.07, 6.45) is -0.423. The Hall–Kier alpha value is -3.13. The minimum absolute atomic E-state index is 0.158. The molecule has 0 aliphatic carbocycles. The summed E-state index contributed by atoms with van der Waals surface area (Å²) < 4.78 is 19.6. The lowest BCUT2D eigenvalue weighted by molar-refractivity contribution is 0.0312. The number of hydrogen-bond donors (Lipinski definition) is 2. The van der Waals surface area contributed by atoms with Gasteiger partial charge in [-0.2, -0.15) is 0 Å². The maximum Gasteiger partial charge on any atom is 0.407 e. The Morgan fingerprint density at radius 3 is 2.57 bits per heavy atom. The molecule has 1 fully saturated rings. The van der Waals surface area contributed by atoms with Gasteiger partial charge >= 0.3 is 12.1 Å². The summed E-state index contributed by atoms with van der Waals surface area (Å²) in [6, 6.07) is 13.1. The molecule has 0 bridgehead atoms. The molecule has 2 atom stereocenters. The topological polar surface area (TPSA) is 96.1 Å². The fourth-order valence-electron chi connectivity index (χ4n) is 4.88. The van der Waals surface area contributed by atoms with Gasteiger partial charge in [0, 0.05) is 25.6 Å². The first-order valence-electron chi connectivity index (χ1n) is 9.91. The number of urea groups is 1. The number of hydrogen-bond acceptors (Lipinski definition) is 3. The van der Waals surface area contributed by atoms with Crippen molar-refractivity contribution in [2.24, 2.45) is 11.7 Å². The number of primary amides is 1. The summed E-state index contributed by atoms with van der Waals surface area (Å²) in [4.78, 5) is 27.4.